The minimum Gasteiger partial charge on any atom is -0.504 e. The van der Waals surface area contributed by atoms with Crippen LogP contribution in [0.5, 0.6) is 5.75 Å². The van der Waals surface area contributed by atoms with Crippen molar-refractivity contribution in [2.45, 2.75) is 12.8 Å². The lowest BCUT2D eigenvalue weighted by molar-refractivity contribution is 0.112. The molecular weight excluding hydrogens is 335 g/mol. The van der Waals surface area contributed by atoms with E-state index in [4.69, 9.17) is 0 Å². The van der Waals surface area contributed by atoms with Crippen LogP contribution in [0.25, 0.3) is 16.9 Å². The molecule has 1 fully saturated rings. The number of anilines is 1. The van der Waals surface area contributed by atoms with Gasteiger partial charge in [0.05, 0.1) is 17.4 Å². The van der Waals surface area contributed by atoms with Gasteiger partial charge in [-0.05, 0) is 31.0 Å². The van der Waals surface area contributed by atoms with Crippen molar-refractivity contribution < 1.29 is 14.3 Å². The Morgan fingerprint density at radius 3 is 2.69 bits per heavy atom. The fourth-order valence-electron chi connectivity index (χ4n) is 3.19. The summed E-state index contributed by atoms with van der Waals surface area (Å²) in [4.78, 5) is 13.3. The Morgan fingerprint density at radius 1 is 1.12 bits per heavy atom. The Balaban J connectivity index is 1.67. The highest BCUT2D eigenvalue weighted by atomic mass is 19.1. The topological polar surface area (TPSA) is 71.2 Å². The number of nitrogens with zero attached hydrogens (tertiary/aromatic N) is 4. The summed E-state index contributed by atoms with van der Waals surface area (Å²) in [5.41, 5.74) is 2.89. The third-order valence-corrected chi connectivity index (χ3v) is 4.58. The molecule has 1 N–H and O–H groups in total. The molecule has 1 aromatic heterocycles. The number of phenols is 1. The van der Waals surface area contributed by atoms with E-state index in [1.165, 1.54) is 23.6 Å². The number of halogens is 1. The van der Waals surface area contributed by atoms with Crippen molar-refractivity contribution in [1.29, 1.82) is 0 Å². The Bertz CT molecular complexity index is 964. The van der Waals surface area contributed by atoms with E-state index in [-0.39, 0.29) is 5.56 Å². The van der Waals surface area contributed by atoms with Gasteiger partial charge in [-0.3, -0.25) is 4.79 Å². The molecule has 0 spiro atoms. The number of hydrogen-bond donors (Lipinski definition) is 1. The number of aromatic hydroxyl groups is 1. The van der Waals surface area contributed by atoms with Crippen LogP contribution in [0.2, 0.25) is 0 Å². The second kappa shape index (κ2) is 6.59. The normalized spacial score (nSPS) is 14.0. The molecule has 132 valence electrons. The van der Waals surface area contributed by atoms with Gasteiger partial charge >= 0.3 is 0 Å². The minimum absolute atomic E-state index is 0.131. The van der Waals surface area contributed by atoms with Crippen LogP contribution in [0.15, 0.2) is 42.6 Å². The first-order chi connectivity index (χ1) is 12.7. The number of phenolic OH excluding ortho intramolecular Hbond substituents is 1. The highest BCUT2D eigenvalue weighted by molar-refractivity contribution is 5.80. The molecule has 3 aromatic rings. The Morgan fingerprint density at radius 2 is 1.92 bits per heavy atom. The van der Waals surface area contributed by atoms with Crippen molar-refractivity contribution in [3.05, 3.63) is 54.0 Å². The van der Waals surface area contributed by atoms with Crippen LogP contribution in [0, 0.1) is 5.82 Å². The summed E-state index contributed by atoms with van der Waals surface area (Å²) in [6, 6.07) is 10.5. The van der Waals surface area contributed by atoms with Crippen molar-refractivity contribution in [1.82, 2.24) is 15.0 Å². The van der Waals surface area contributed by atoms with Gasteiger partial charge in [0.25, 0.3) is 0 Å². The first-order valence-electron chi connectivity index (χ1n) is 8.41. The molecule has 0 aliphatic carbocycles. The van der Waals surface area contributed by atoms with Gasteiger partial charge < -0.3 is 10.0 Å². The second-order valence-corrected chi connectivity index (χ2v) is 6.28. The zero-order valence-electron chi connectivity index (χ0n) is 14.0. The zero-order valence-corrected chi connectivity index (χ0v) is 14.0. The maximum atomic E-state index is 13.8. The van der Waals surface area contributed by atoms with Crippen LogP contribution in [0.3, 0.4) is 0 Å². The molecule has 4 rings (SSSR count). The maximum absolute atomic E-state index is 13.8. The average Bonchev–Trinajstić information content (AvgIpc) is 3.36. The Labute approximate surface area is 149 Å². The van der Waals surface area contributed by atoms with Gasteiger partial charge in [-0.25, -0.2) is 9.07 Å². The standard InChI is InChI=1S/C19H17FN4O2/c20-17-10-16(9-14(12-25)19(17)26)24-11-18(21-22-24)13-4-3-5-15(8-13)23-6-1-2-7-23/h3-5,8-12,26H,1-2,6-7H2. The molecule has 0 bridgehead atoms. The van der Waals surface area contributed by atoms with Crippen LogP contribution < -0.4 is 4.90 Å². The summed E-state index contributed by atoms with van der Waals surface area (Å²) in [5.74, 6) is -1.54. The molecule has 0 radical (unpaired) electrons. The number of hydrogen-bond acceptors (Lipinski definition) is 5. The van der Waals surface area contributed by atoms with Crippen molar-refractivity contribution in [3.8, 4) is 22.7 Å². The number of aromatic nitrogens is 3. The van der Waals surface area contributed by atoms with Crippen molar-refractivity contribution in [3.63, 3.8) is 0 Å². The van der Waals surface area contributed by atoms with Crippen LogP contribution in [-0.2, 0) is 0 Å². The van der Waals surface area contributed by atoms with Crippen molar-refractivity contribution in [2.24, 2.45) is 0 Å². The van der Waals surface area contributed by atoms with Gasteiger partial charge in [-0.2, -0.15) is 0 Å². The molecule has 0 amide bonds. The van der Waals surface area contributed by atoms with E-state index in [0.717, 1.165) is 30.4 Å². The lowest BCUT2D eigenvalue weighted by atomic mass is 10.1. The molecule has 2 aromatic carbocycles. The number of benzene rings is 2. The maximum Gasteiger partial charge on any atom is 0.167 e. The monoisotopic (exact) mass is 352 g/mol. The number of carbonyl (C=O) groups excluding carboxylic acids is 1. The summed E-state index contributed by atoms with van der Waals surface area (Å²) in [7, 11) is 0. The van der Waals surface area contributed by atoms with Gasteiger partial charge in [-0.15, -0.1) is 5.10 Å². The molecule has 26 heavy (non-hydrogen) atoms. The largest absolute Gasteiger partial charge is 0.504 e. The van der Waals surface area contributed by atoms with Gasteiger partial charge in [-0.1, -0.05) is 17.3 Å². The smallest absolute Gasteiger partial charge is 0.167 e. The number of carbonyl (C=O) groups is 1. The number of rotatable bonds is 4. The summed E-state index contributed by atoms with van der Waals surface area (Å²) in [6.45, 7) is 2.11. The Kier molecular flexibility index (Phi) is 4.12. The summed E-state index contributed by atoms with van der Waals surface area (Å²) in [5, 5.41) is 17.7. The van der Waals surface area contributed by atoms with Crippen LogP contribution in [-0.4, -0.2) is 39.5 Å². The van der Waals surface area contributed by atoms with Crippen LogP contribution >= 0.6 is 0 Å². The SMILES string of the molecule is O=Cc1cc(-n2cc(-c3cccc(N4CCCC4)c3)nn2)cc(F)c1O. The van der Waals surface area contributed by atoms with Gasteiger partial charge in [0, 0.05) is 30.4 Å². The molecule has 2 heterocycles. The van der Waals surface area contributed by atoms with Crippen molar-refractivity contribution >= 4 is 12.0 Å². The van der Waals surface area contributed by atoms with Gasteiger partial charge in [0.2, 0.25) is 0 Å². The molecule has 7 heteroatoms. The van der Waals surface area contributed by atoms with E-state index >= 15 is 0 Å². The summed E-state index contributed by atoms with van der Waals surface area (Å²) >= 11 is 0. The molecule has 0 unspecified atom stereocenters. The quantitative estimate of drug-likeness (QED) is 0.730. The first-order valence-corrected chi connectivity index (χ1v) is 8.41. The highest BCUT2D eigenvalue weighted by Gasteiger charge is 2.15. The van der Waals surface area contributed by atoms with Crippen LogP contribution in [0.1, 0.15) is 23.2 Å². The van der Waals surface area contributed by atoms with E-state index < -0.39 is 11.6 Å². The lowest BCUT2D eigenvalue weighted by Gasteiger charge is -2.17. The van der Waals surface area contributed by atoms with Gasteiger partial charge in [0.1, 0.15) is 5.69 Å². The second-order valence-electron chi connectivity index (χ2n) is 6.28. The predicted octanol–water partition coefficient (Wildman–Crippen LogP) is 3.19. The molecule has 0 atom stereocenters. The van der Waals surface area contributed by atoms with E-state index in [0.29, 0.717) is 17.7 Å². The summed E-state index contributed by atoms with van der Waals surface area (Å²) in [6.07, 6.45) is 4.47. The molecule has 1 aliphatic rings. The van der Waals surface area contributed by atoms with Crippen LogP contribution in [0.4, 0.5) is 10.1 Å². The molecule has 0 saturated carbocycles. The van der Waals surface area contributed by atoms with E-state index in [1.54, 1.807) is 6.20 Å². The van der Waals surface area contributed by atoms with Gasteiger partial charge in [0.15, 0.2) is 17.9 Å². The van der Waals surface area contributed by atoms with E-state index in [9.17, 15) is 14.3 Å². The fourth-order valence-corrected chi connectivity index (χ4v) is 3.19. The minimum atomic E-state index is -0.877. The zero-order chi connectivity index (χ0) is 18.1. The van der Waals surface area contributed by atoms with E-state index in [2.05, 4.69) is 27.3 Å². The number of aldehydes is 1. The van der Waals surface area contributed by atoms with E-state index in [1.807, 2.05) is 12.1 Å². The third-order valence-electron chi connectivity index (χ3n) is 4.58. The molecular formula is C19H17FN4O2. The average molecular weight is 352 g/mol. The lowest BCUT2D eigenvalue weighted by Crippen LogP contribution is -2.17. The molecule has 6 nitrogen and oxygen atoms in total. The predicted molar refractivity (Wildman–Crippen MR) is 95.3 cm³/mol. The summed E-state index contributed by atoms with van der Waals surface area (Å²) < 4.78 is 15.2. The molecule has 1 saturated heterocycles. The van der Waals surface area contributed by atoms with Crippen molar-refractivity contribution in [2.75, 3.05) is 18.0 Å². The fraction of sp³-hybridized carbons (Fsp3) is 0.211. The Hall–Kier alpha value is -3.22. The third kappa shape index (κ3) is 2.92. The molecule has 1 aliphatic heterocycles. The first kappa shape index (κ1) is 16.3. The highest BCUT2D eigenvalue weighted by Crippen LogP contribution is 2.27.